The van der Waals surface area contributed by atoms with Crippen molar-refractivity contribution in [2.45, 2.75) is 25.9 Å². The van der Waals surface area contributed by atoms with Crippen LogP contribution in [0.2, 0.25) is 0 Å². The van der Waals surface area contributed by atoms with Gasteiger partial charge < -0.3 is 0 Å². The van der Waals surface area contributed by atoms with Gasteiger partial charge in [-0.15, -0.1) is 0 Å². The van der Waals surface area contributed by atoms with Crippen molar-refractivity contribution in [1.82, 2.24) is 0 Å². The van der Waals surface area contributed by atoms with Crippen molar-refractivity contribution in [2.24, 2.45) is 0 Å². The molecule has 0 aromatic heterocycles. The summed E-state index contributed by atoms with van der Waals surface area (Å²) in [5.74, 6) is 0.356. The van der Waals surface area contributed by atoms with E-state index in [4.69, 9.17) is 11.2 Å². The zero-order chi connectivity index (χ0) is 12.2. The molecule has 0 nitrogen and oxygen atoms in total. The molecule has 0 fully saturated rings. The second kappa shape index (κ2) is 5.85. The number of rotatable bonds is 6. The van der Waals surface area contributed by atoms with Gasteiger partial charge in [0.05, 0.1) is 0 Å². The van der Waals surface area contributed by atoms with E-state index in [1.165, 1.54) is 23.8 Å². The first-order valence-corrected chi connectivity index (χ1v) is 12.1. The van der Waals surface area contributed by atoms with Gasteiger partial charge in [-0.1, -0.05) is 0 Å². The Morgan fingerprint density at radius 2 is 1.33 bits per heavy atom. The minimum atomic E-state index is -2.04. The summed E-state index contributed by atoms with van der Waals surface area (Å²) in [4.78, 5) is 0. The van der Waals surface area contributed by atoms with E-state index in [0.717, 1.165) is 0 Å². The fraction of sp³-hybridized carbons (Fsp3) is 1.00. The van der Waals surface area contributed by atoms with Crippen LogP contribution in [0.5, 0.6) is 0 Å². The van der Waals surface area contributed by atoms with Crippen molar-refractivity contribution in [3.63, 3.8) is 0 Å². The molecule has 0 N–H and O–H groups in total. The topological polar surface area (TPSA) is 0 Å². The van der Waals surface area contributed by atoms with Crippen molar-refractivity contribution in [3.05, 3.63) is 0 Å². The third-order valence-corrected chi connectivity index (χ3v) is 14.5. The Morgan fingerprint density at radius 1 is 1.00 bits per heavy atom. The second-order valence-corrected chi connectivity index (χ2v) is 16.4. The fourth-order valence-corrected chi connectivity index (χ4v) is 9.48. The third-order valence-electron chi connectivity index (χ3n) is 3.62. The molecule has 0 aliphatic rings. The Labute approximate surface area is 109 Å². The minimum absolute atomic E-state index is 0.263. The first kappa shape index (κ1) is 16.4. The monoisotopic (exact) mass is 288 g/mol. The van der Waals surface area contributed by atoms with Gasteiger partial charge in [-0.25, -0.2) is 0 Å². The van der Waals surface area contributed by atoms with Crippen LogP contribution in [-0.4, -0.2) is 48.2 Å². The van der Waals surface area contributed by atoms with Gasteiger partial charge in [-0.05, 0) is 0 Å². The summed E-state index contributed by atoms with van der Waals surface area (Å²) < 4.78 is 0. The van der Waals surface area contributed by atoms with E-state index < -0.39 is 5.96 Å². The standard InChI is InChI=1S/C11H26ClPS2/c1-11(2,3)13(4,12,7-9-14-5)8-10-15-6/h7-10H2,1-6H3. The zero-order valence-corrected chi connectivity index (χ0v) is 14.3. The summed E-state index contributed by atoms with van der Waals surface area (Å²) in [6, 6.07) is 0. The van der Waals surface area contributed by atoms with Gasteiger partial charge in [0.25, 0.3) is 0 Å². The summed E-state index contributed by atoms with van der Waals surface area (Å²) in [7, 11) is 0. The average Bonchev–Trinajstić information content (AvgIpc) is 2.10. The molecule has 0 saturated heterocycles. The molecule has 94 valence electrons. The van der Waals surface area contributed by atoms with E-state index in [2.05, 4.69) is 39.9 Å². The van der Waals surface area contributed by atoms with Crippen LogP contribution in [0, 0.1) is 0 Å². The third kappa shape index (κ3) is 4.30. The molecule has 0 amide bonds. The van der Waals surface area contributed by atoms with Gasteiger partial charge in [0.15, 0.2) is 0 Å². The first-order valence-electron chi connectivity index (χ1n) is 5.37. The number of halogens is 1. The molecule has 0 aromatic rings. The Kier molecular flexibility index (Phi) is 6.40. The van der Waals surface area contributed by atoms with Crippen LogP contribution < -0.4 is 0 Å². The maximum atomic E-state index is 7.13. The first-order chi connectivity index (χ1) is 6.66. The van der Waals surface area contributed by atoms with Crippen molar-refractivity contribution in [1.29, 1.82) is 0 Å². The molecule has 15 heavy (non-hydrogen) atoms. The molecule has 0 spiro atoms. The van der Waals surface area contributed by atoms with Crippen molar-refractivity contribution in [3.8, 4) is 0 Å². The molecule has 0 atom stereocenters. The van der Waals surface area contributed by atoms with Gasteiger partial charge in [0.1, 0.15) is 0 Å². The van der Waals surface area contributed by atoms with Crippen LogP contribution in [-0.2, 0) is 0 Å². The van der Waals surface area contributed by atoms with Gasteiger partial charge in [0, 0.05) is 0 Å². The van der Waals surface area contributed by atoms with Gasteiger partial charge in [-0.3, -0.25) is 0 Å². The van der Waals surface area contributed by atoms with Crippen LogP contribution in [0.3, 0.4) is 0 Å². The SMILES string of the molecule is CSCCP(C)(Cl)(CCSC)C(C)(C)C. The number of thioether (sulfide) groups is 2. The van der Waals surface area contributed by atoms with Crippen LogP contribution in [0.4, 0.5) is 0 Å². The number of hydrogen-bond acceptors (Lipinski definition) is 2. The molecule has 0 heterocycles. The quantitative estimate of drug-likeness (QED) is 0.641. The summed E-state index contributed by atoms with van der Waals surface area (Å²) >= 11 is 11.0. The van der Waals surface area contributed by atoms with Gasteiger partial charge >= 0.3 is 110 Å². The van der Waals surface area contributed by atoms with Crippen LogP contribution in [0.1, 0.15) is 20.8 Å². The number of hydrogen-bond donors (Lipinski definition) is 0. The van der Waals surface area contributed by atoms with E-state index in [-0.39, 0.29) is 5.16 Å². The van der Waals surface area contributed by atoms with E-state index in [1.54, 1.807) is 0 Å². The van der Waals surface area contributed by atoms with E-state index in [0.29, 0.717) is 0 Å². The fourth-order valence-electron chi connectivity index (χ4n) is 1.44. The molecule has 0 aliphatic heterocycles. The predicted octanol–water partition coefficient (Wildman–Crippen LogP) is 4.85. The van der Waals surface area contributed by atoms with Gasteiger partial charge in [0.2, 0.25) is 0 Å². The average molecular weight is 289 g/mol. The van der Waals surface area contributed by atoms with Crippen LogP contribution in [0.25, 0.3) is 0 Å². The Balaban J connectivity index is 4.81. The molecular weight excluding hydrogens is 263 g/mol. The molecule has 0 saturated carbocycles. The molecule has 0 bridgehead atoms. The van der Waals surface area contributed by atoms with E-state index in [9.17, 15) is 0 Å². The van der Waals surface area contributed by atoms with E-state index >= 15 is 0 Å². The summed E-state index contributed by atoms with van der Waals surface area (Å²) in [6.07, 6.45) is 6.76. The second-order valence-electron chi connectivity index (χ2n) is 5.49. The van der Waals surface area contributed by atoms with Crippen molar-refractivity contribution >= 4 is 40.7 Å². The Morgan fingerprint density at radius 3 is 1.53 bits per heavy atom. The molecule has 0 rings (SSSR count). The van der Waals surface area contributed by atoms with Gasteiger partial charge in [-0.2, -0.15) is 0 Å². The van der Waals surface area contributed by atoms with Crippen LogP contribution in [0.15, 0.2) is 0 Å². The normalized spacial score (nSPS) is 16.1. The summed E-state index contributed by atoms with van der Waals surface area (Å²) in [5, 5.41) is 0.263. The maximum absolute atomic E-state index is 7.13. The summed E-state index contributed by atoms with van der Waals surface area (Å²) in [5.41, 5.74) is 0. The summed E-state index contributed by atoms with van der Waals surface area (Å²) in [6.45, 7) is 9.33. The Bertz CT molecular complexity index is 187. The molecule has 4 heteroatoms. The molecule has 0 radical (unpaired) electrons. The Hall–Kier alpha value is 1.42. The molecule has 0 aromatic carbocycles. The zero-order valence-electron chi connectivity index (χ0n) is 11.0. The predicted molar refractivity (Wildman–Crippen MR) is 84.9 cm³/mol. The van der Waals surface area contributed by atoms with Crippen molar-refractivity contribution < 1.29 is 0 Å². The molecule has 0 unspecified atom stereocenters. The molecule has 0 aliphatic carbocycles. The molecular formula is C11H26ClPS2. The van der Waals surface area contributed by atoms with Crippen molar-refractivity contribution in [2.75, 3.05) is 43.0 Å². The van der Waals surface area contributed by atoms with Crippen LogP contribution >= 0.6 is 40.7 Å². The van der Waals surface area contributed by atoms with E-state index in [1.807, 2.05) is 23.5 Å².